The van der Waals surface area contributed by atoms with Crippen molar-refractivity contribution in [1.82, 2.24) is 5.32 Å². The van der Waals surface area contributed by atoms with E-state index in [-0.39, 0.29) is 17.4 Å². The molecule has 0 spiro atoms. The van der Waals surface area contributed by atoms with Crippen molar-refractivity contribution in [2.75, 3.05) is 5.73 Å². The summed E-state index contributed by atoms with van der Waals surface area (Å²) in [5.74, 6) is -0.190. The van der Waals surface area contributed by atoms with Gasteiger partial charge in [-0.05, 0) is 24.5 Å². The highest BCUT2D eigenvalue weighted by Gasteiger charge is 2.23. The Morgan fingerprint density at radius 2 is 2.00 bits per heavy atom. The third-order valence-electron chi connectivity index (χ3n) is 2.92. The molecule has 3 nitrogen and oxygen atoms in total. The van der Waals surface area contributed by atoms with Gasteiger partial charge in [-0.3, -0.25) is 4.79 Å². The second-order valence-corrected chi connectivity index (χ2v) is 5.65. The van der Waals surface area contributed by atoms with Gasteiger partial charge in [0.25, 0.3) is 5.91 Å². The molecule has 1 rings (SSSR count). The molecule has 4 heteroatoms. The number of halogens is 1. The van der Waals surface area contributed by atoms with Crippen LogP contribution in [-0.4, -0.2) is 11.9 Å². The predicted molar refractivity (Wildman–Crippen MR) is 72.2 cm³/mol. The molecule has 0 bridgehead atoms. The molecule has 0 saturated carbocycles. The van der Waals surface area contributed by atoms with Crippen LogP contribution in [0.5, 0.6) is 0 Å². The van der Waals surface area contributed by atoms with Gasteiger partial charge < -0.3 is 11.1 Å². The van der Waals surface area contributed by atoms with Gasteiger partial charge in [-0.15, -0.1) is 0 Å². The van der Waals surface area contributed by atoms with Crippen LogP contribution in [0.15, 0.2) is 18.2 Å². The Labute approximate surface area is 107 Å². The molecule has 1 unspecified atom stereocenters. The zero-order valence-corrected chi connectivity index (χ0v) is 11.4. The van der Waals surface area contributed by atoms with E-state index in [4.69, 9.17) is 17.3 Å². The number of nitrogen functional groups attached to an aromatic ring is 1. The maximum atomic E-state index is 12.0. The van der Waals surface area contributed by atoms with Crippen molar-refractivity contribution in [3.05, 3.63) is 28.8 Å². The van der Waals surface area contributed by atoms with Crippen LogP contribution in [-0.2, 0) is 0 Å². The van der Waals surface area contributed by atoms with Crippen molar-refractivity contribution in [2.24, 2.45) is 5.41 Å². The smallest absolute Gasteiger partial charge is 0.253 e. The largest absolute Gasteiger partial charge is 0.398 e. The van der Waals surface area contributed by atoms with Crippen molar-refractivity contribution in [3.63, 3.8) is 0 Å². The fourth-order valence-electron chi connectivity index (χ4n) is 1.22. The van der Waals surface area contributed by atoms with Crippen molar-refractivity contribution in [2.45, 2.75) is 33.7 Å². The number of rotatable bonds is 2. The van der Waals surface area contributed by atoms with E-state index in [1.807, 2.05) is 6.92 Å². The maximum Gasteiger partial charge on any atom is 0.253 e. The summed E-state index contributed by atoms with van der Waals surface area (Å²) in [6, 6.07) is 5.11. The fourth-order valence-corrected chi connectivity index (χ4v) is 1.43. The van der Waals surface area contributed by atoms with E-state index >= 15 is 0 Å². The lowest BCUT2D eigenvalue weighted by Gasteiger charge is -2.28. The van der Waals surface area contributed by atoms with Crippen LogP contribution in [0.4, 0.5) is 5.69 Å². The van der Waals surface area contributed by atoms with Gasteiger partial charge in [-0.25, -0.2) is 0 Å². The van der Waals surface area contributed by atoms with Crippen molar-refractivity contribution < 1.29 is 4.79 Å². The van der Waals surface area contributed by atoms with Crippen LogP contribution in [0, 0.1) is 5.41 Å². The Morgan fingerprint density at radius 3 is 2.53 bits per heavy atom. The molecule has 1 aromatic rings. The molecule has 0 aliphatic rings. The molecule has 1 aromatic carbocycles. The summed E-state index contributed by atoms with van der Waals surface area (Å²) in [6.07, 6.45) is 0. The van der Waals surface area contributed by atoms with E-state index in [1.54, 1.807) is 18.2 Å². The van der Waals surface area contributed by atoms with E-state index in [1.165, 1.54) is 0 Å². The summed E-state index contributed by atoms with van der Waals surface area (Å²) in [4.78, 5) is 12.0. The van der Waals surface area contributed by atoms with E-state index in [2.05, 4.69) is 26.1 Å². The van der Waals surface area contributed by atoms with Gasteiger partial charge in [0.2, 0.25) is 0 Å². The summed E-state index contributed by atoms with van der Waals surface area (Å²) in [6.45, 7) is 8.18. The number of nitrogens with two attached hydrogens (primary N) is 1. The first-order valence-corrected chi connectivity index (χ1v) is 5.96. The summed E-state index contributed by atoms with van der Waals surface area (Å²) in [7, 11) is 0. The molecule has 0 aliphatic carbocycles. The quantitative estimate of drug-likeness (QED) is 0.797. The Kier molecular flexibility index (Phi) is 4.04. The number of hydrogen-bond acceptors (Lipinski definition) is 2. The van der Waals surface area contributed by atoms with Gasteiger partial charge in [-0.1, -0.05) is 38.4 Å². The molecule has 0 heterocycles. The van der Waals surface area contributed by atoms with E-state index in [9.17, 15) is 4.79 Å². The van der Waals surface area contributed by atoms with Crippen molar-refractivity contribution in [3.8, 4) is 0 Å². The van der Waals surface area contributed by atoms with Crippen LogP contribution >= 0.6 is 11.6 Å². The normalized spacial score (nSPS) is 13.2. The molecule has 1 amide bonds. The van der Waals surface area contributed by atoms with Crippen LogP contribution in [0.25, 0.3) is 0 Å². The van der Waals surface area contributed by atoms with Crippen molar-refractivity contribution >= 4 is 23.2 Å². The van der Waals surface area contributed by atoms with Crippen LogP contribution in [0.3, 0.4) is 0 Å². The molecule has 0 aliphatic heterocycles. The number of amides is 1. The van der Waals surface area contributed by atoms with Gasteiger partial charge in [0.1, 0.15) is 0 Å². The minimum absolute atomic E-state index is 0.00244. The molecule has 0 saturated heterocycles. The van der Waals surface area contributed by atoms with Gasteiger partial charge >= 0.3 is 0 Å². The molecule has 0 aromatic heterocycles. The zero-order chi connectivity index (χ0) is 13.2. The molecular formula is C13H19ClN2O. The summed E-state index contributed by atoms with van der Waals surface area (Å²) >= 11 is 6.00. The lowest BCUT2D eigenvalue weighted by Crippen LogP contribution is -2.41. The monoisotopic (exact) mass is 254 g/mol. The Morgan fingerprint density at radius 1 is 1.41 bits per heavy atom. The second kappa shape index (κ2) is 4.96. The van der Waals surface area contributed by atoms with Gasteiger partial charge in [0.05, 0.1) is 16.3 Å². The first-order valence-electron chi connectivity index (χ1n) is 5.58. The molecular weight excluding hydrogens is 236 g/mol. The lowest BCUT2D eigenvalue weighted by molar-refractivity contribution is 0.0910. The Balaban J connectivity index is 2.88. The molecule has 17 heavy (non-hydrogen) atoms. The minimum atomic E-state index is -0.190. The fraction of sp³-hybridized carbons (Fsp3) is 0.462. The summed E-state index contributed by atoms with van der Waals surface area (Å²) in [5.41, 5.74) is 6.50. The number of carbonyl (C=O) groups is 1. The summed E-state index contributed by atoms with van der Waals surface area (Å²) < 4.78 is 0. The topological polar surface area (TPSA) is 55.1 Å². The molecule has 0 fully saturated rings. The maximum absolute atomic E-state index is 12.0. The predicted octanol–water partition coefficient (Wildman–Crippen LogP) is 3.09. The number of carbonyl (C=O) groups excluding carboxylic acids is 1. The molecule has 1 atom stereocenters. The van der Waals surface area contributed by atoms with Gasteiger partial charge in [0.15, 0.2) is 0 Å². The first kappa shape index (κ1) is 13.8. The number of nitrogens with one attached hydrogen (secondary N) is 1. The van der Waals surface area contributed by atoms with E-state index in [0.717, 1.165) is 0 Å². The lowest BCUT2D eigenvalue weighted by atomic mass is 9.88. The summed E-state index contributed by atoms with van der Waals surface area (Å²) in [5, 5.41) is 3.24. The third-order valence-corrected chi connectivity index (χ3v) is 3.34. The number of hydrogen-bond donors (Lipinski definition) is 2. The first-order chi connectivity index (χ1) is 7.73. The highest BCUT2D eigenvalue weighted by atomic mass is 35.5. The van der Waals surface area contributed by atoms with Crippen molar-refractivity contribution in [1.29, 1.82) is 0 Å². The molecule has 3 N–H and O–H groups in total. The third kappa shape index (κ3) is 3.37. The van der Waals surface area contributed by atoms with Crippen LogP contribution < -0.4 is 11.1 Å². The standard InChI is InChI=1S/C13H19ClN2O/c1-8(13(2,3)4)16-12(17)9-6-5-7-10(15)11(9)14/h5-8H,15H2,1-4H3,(H,16,17). The molecule has 0 radical (unpaired) electrons. The average molecular weight is 255 g/mol. The SMILES string of the molecule is CC(NC(=O)c1cccc(N)c1Cl)C(C)(C)C. The van der Waals surface area contributed by atoms with Crippen LogP contribution in [0.1, 0.15) is 38.1 Å². The van der Waals surface area contributed by atoms with Gasteiger partial charge in [-0.2, -0.15) is 0 Å². The Bertz CT molecular complexity index is 424. The molecule has 94 valence electrons. The number of anilines is 1. The van der Waals surface area contributed by atoms with Gasteiger partial charge in [0, 0.05) is 6.04 Å². The van der Waals surface area contributed by atoms with E-state index < -0.39 is 0 Å². The van der Waals surface area contributed by atoms with Crippen LogP contribution in [0.2, 0.25) is 5.02 Å². The highest BCUT2D eigenvalue weighted by Crippen LogP contribution is 2.24. The Hall–Kier alpha value is -1.22. The zero-order valence-electron chi connectivity index (χ0n) is 10.7. The average Bonchev–Trinajstić information content (AvgIpc) is 2.20. The highest BCUT2D eigenvalue weighted by molar-refractivity contribution is 6.36. The van der Waals surface area contributed by atoms with E-state index in [0.29, 0.717) is 16.3 Å². The minimum Gasteiger partial charge on any atom is -0.398 e. The second-order valence-electron chi connectivity index (χ2n) is 5.27. The number of benzene rings is 1.